The first-order valence-electron chi connectivity index (χ1n) is 12.3. The number of carboxylic acids is 1. The molecule has 0 radical (unpaired) electrons. The maximum atomic E-state index is 13.2. The van der Waals surface area contributed by atoms with Crippen LogP contribution in [0.25, 0.3) is 0 Å². The fourth-order valence-corrected chi connectivity index (χ4v) is 3.85. The van der Waals surface area contributed by atoms with Gasteiger partial charge in [0.25, 0.3) is 0 Å². The number of carbonyl (C=O) groups excluding carboxylic acids is 3. The van der Waals surface area contributed by atoms with E-state index in [1.54, 1.807) is 0 Å². The van der Waals surface area contributed by atoms with Crippen LogP contribution in [-0.2, 0) is 25.6 Å². The van der Waals surface area contributed by atoms with Gasteiger partial charge in [0.1, 0.15) is 29.9 Å². The van der Waals surface area contributed by atoms with Crippen molar-refractivity contribution in [3.8, 4) is 5.75 Å². The van der Waals surface area contributed by atoms with E-state index in [4.69, 9.17) is 17.2 Å². The zero-order valence-corrected chi connectivity index (χ0v) is 22.8. The van der Waals surface area contributed by atoms with Gasteiger partial charge in [0.15, 0.2) is 5.96 Å². The van der Waals surface area contributed by atoms with E-state index in [9.17, 15) is 34.5 Å². The highest BCUT2D eigenvalue weighted by molar-refractivity contribution is 7.98. The Bertz CT molecular complexity index is 988. The van der Waals surface area contributed by atoms with E-state index in [0.717, 1.165) is 0 Å². The fourth-order valence-electron chi connectivity index (χ4n) is 3.38. The van der Waals surface area contributed by atoms with Crippen LogP contribution in [-0.4, -0.2) is 93.8 Å². The summed E-state index contributed by atoms with van der Waals surface area (Å²) in [5.41, 5.74) is 16.9. The van der Waals surface area contributed by atoms with Gasteiger partial charge in [0.2, 0.25) is 17.7 Å². The molecule has 0 heterocycles. The predicted octanol–water partition coefficient (Wildman–Crippen LogP) is -2.01. The van der Waals surface area contributed by atoms with Crippen LogP contribution in [0, 0.1) is 0 Å². The Hall–Kier alpha value is -3.56. The molecule has 0 fully saturated rings. The lowest BCUT2D eigenvalue weighted by Gasteiger charge is -2.25. The lowest BCUT2D eigenvalue weighted by atomic mass is 10.0. The fraction of sp³-hybridized carbons (Fsp3) is 0.542. The number of aliphatic hydroxyl groups is 1. The average molecular weight is 570 g/mol. The van der Waals surface area contributed by atoms with E-state index in [-0.39, 0.29) is 43.9 Å². The van der Waals surface area contributed by atoms with Crippen LogP contribution in [0.3, 0.4) is 0 Å². The average Bonchev–Trinajstić information content (AvgIpc) is 2.87. The Balaban J connectivity index is 3.08. The highest BCUT2D eigenvalue weighted by Gasteiger charge is 2.30. The molecule has 0 aliphatic carbocycles. The number of guanidine groups is 1. The summed E-state index contributed by atoms with van der Waals surface area (Å²) in [4.78, 5) is 54.4. The molecule has 14 nitrogen and oxygen atoms in total. The molecule has 0 aromatic heterocycles. The van der Waals surface area contributed by atoms with E-state index in [1.165, 1.54) is 43.0 Å². The van der Waals surface area contributed by atoms with Crippen molar-refractivity contribution in [1.29, 1.82) is 0 Å². The Morgan fingerprint density at radius 3 is 2.00 bits per heavy atom. The molecular formula is C24H39N7O7S. The van der Waals surface area contributed by atoms with Crippen molar-refractivity contribution in [2.75, 3.05) is 18.6 Å². The number of amides is 3. The molecule has 1 aromatic carbocycles. The zero-order chi connectivity index (χ0) is 29.5. The molecule has 0 saturated heterocycles. The van der Waals surface area contributed by atoms with Crippen molar-refractivity contribution >= 4 is 41.4 Å². The van der Waals surface area contributed by atoms with Gasteiger partial charge in [0.05, 0.1) is 6.10 Å². The van der Waals surface area contributed by atoms with Crippen molar-refractivity contribution in [2.45, 2.75) is 62.9 Å². The number of aromatic hydroxyl groups is 1. The predicted molar refractivity (Wildman–Crippen MR) is 148 cm³/mol. The Labute approximate surface area is 231 Å². The number of hydrogen-bond acceptors (Lipinski definition) is 9. The number of benzene rings is 1. The van der Waals surface area contributed by atoms with Gasteiger partial charge < -0.3 is 48.5 Å². The second-order valence-electron chi connectivity index (χ2n) is 8.89. The molecule has 15 heteroatoms. The number of nitrogens with one attached hydrogen (secondary N) is 3. The van der Waals surface area contributed by atoms with E-state index < -0.39 is 54.0 Å². The monoisotopic (exact) mass is 569 g/mol. The van der Waals surface area contributed by atoms with Gasteiger partial charge in [-0.05, 0) is 55.9 Å². The highest BCUT2D eigenvalue weighted by Crippen LogP contribution is 2.12. The van der Waals surface area contributed by atoms with Gasteiger partial charge in [0, 0.05) is 13.0 Å². The summed E-state index contributed by atoms with van der Waals surface area (Å²) < 4.78 is 0. The molecule has 1 rings (SSSR count). The highest BCUT2D eigenvalue weighted by atomic mass is 32.2. The molecule has 0 saturated carbocycles. The van der Waals surface area contributed by atoms with E-state index in [0.29, 0.717) is 11.3 Å². The molecule has 5 atom stereocenters. The van der Waals surface area contributed by atoms with Crippen molar-refractivity contribution in [1.82, 2.24) is 16.0 Å². The number of phenolic OH excluding ortho intramolecular Hbond substituents is 1. The summed E-state index contributed by atoms with van der Waals surface area (Å²) in [6, 6.07) is 1.04. The van der Waals surface area contributed by atoms with Crippen molar-refractivity contribution in [3.63, 3.8) is 0 Å². The largest absolute Gasteiger partial charge is 0.508 e. The van der Waals surface area contributed by atoms with Crippen molar-refractivity contribution < 1.29 is 34.5 Å². The maximum Gasteiger partial charge on any atom is 0.326 e. The number of carbonyl (C=O) groups is 4. The third kappa shape index (κ3) is 12.7. The minimum atomic E-state index is -1.32. The standard InChI is InChI=1S/C24H39N7O7S/c1-13(32)19(25)22(36)30-17(9-11-39-2)21(35)29-16(4-3-10-28-24(26)27)20(34)31-18(23(37)38)12-14-5-7-15(33)8-6-14/h5-8,13,16-19,32-33H,3-4,9-12,25H2,1-2H3,(H,29,35)(H,30,36)(H,31,34)(H,37,38)(H4,26,27,28). The number of carboxylic acid groups (broad SMARTS) is 1. The second-order valence-corrected chi connectivity index (χ2v) is 9.87. The summed E-state index contributed by atoms with van der Waals surface area (Å²) in [6.45, 7) is 1.50. The van der Waals surface area contributed by atoms with Crippen LogP contribution in [0.15, 0.2) is 29.3 Å². The molecule has 5 unspecified atom stereocenters. The lowest BCUT2D eigenvalue weighted by molar-refractivity contribution is -0.142. The summed E-state index contributed by atoms with van der Waals surface area (Å²) in [5, 5.41) is 36.3. The second kappa shape index (κ2) is 17.1. The number of nitrogens with zero attached hydrogens (tertiary/aromatic N) is 1. The molecule has 3 amide bonds. The molecule has 218 valence electrons. The molecule has 0 bridgehead atoms. The number of thioether (sulfide) groups is 1. The van der Waals surface area contributed by atoms with Crippen LogP contribution in [0.1, 0.15) is 31.7 Å². The third-order valence-corrected chi connectivity index (χ3v) is 6.28. The van der Waals surface area contributed by atoms with Gasteiger partial charge in [-0.25, -0.2) is 4.79 Å². The first-order valence-corrected chi connectivity index (χ1v) is 13.6. The van der Waals surface area contributed by atoms with Gasteiger partial charge in [-0.1, -0.05) is 12.1 Å². The van der Waals surface area contributed by atoms with Crippen LogP contribution in [0.2, 0.25) is 0 Å². The number of hydrogen-bond donors (Lipinski definition) is 9. The minimum Gasteiger partial charge on any atom is -0.508 e. The van der Waals surface area contributed by atoms with Gasteiger partial charge >= 0.3 is 5.97 Å². The summed E-state index contributed by atoms with van der Waals surface area (Å²) >= 11 is 1.44. The van der Waals surface area contributed by atoms with Crippen molar-refractivity contribution in [3.05, 3.63) is 29.8 Å². The number of aliphatic carboxylic acids is 1. The number of aliphatic imine (C=N–C) groups is 1. The quantitative estimate of drug-likeness (QED) is 0.0562. The SMILES string of the molecule is CSCCC(NC(=O)C(N)C(C)O)C(=O)NC(CCCN=C(N)N)C(=O)NC(Cc1ccc(O)cc1)C(=O)O. The first-order chi connectivity index (χ1) is 18.3. The molecule has 1 aromatic rings. The first kappa shape index (κ1) is 33.5. The van der Waals surface area contributed by atoms with Crippen LogP contribution in [0.5, 0.6) is 5.75 Å². The Kier molecular flexibility index (Phi) is 14.7. The smallest absolute Gasteiger partial charge is 0.326 e. The van der Waals surface area contributed by atoms with Crippen LogP contribution < -0.4 is 33.2 Å². The maximum absolute atomic E-state index is 13.2. The summed E-state index contributed by atoms with van der Waals surface area (Å²) in [5.74, 6) is -3.10. The molecular weight excluding hydrogens is 530 g/mol. The molecule has 0 spiro atoms. The lowest BCUT2D eigenvalue weighted by Crippen LogP contribution is -2.58. The molecule has 0 aliphatic rings. The number of phenols is 1. The number of nitrogens with two attached hydrogens (primary N) is 3. The normalized spacial score (nSPS) is 14.7. The Morgan fingerprint density at radius 1 is 0.949 bits per heavy atom. The third-order valence-electron chi connectivity index (χ3n) is 5.64. The Morgan fingerprint density at radius 2 is 1.49 bits per heavy atom. The topological polar surface area (TPSA) is 255 Å². The summed E-state index contributed by atoms with van der Waals surface area (Å²) in [7, 11) is 0. The van der Waals surface area contributed by atoms with E-state index in [1.807, 2.05) is 6.26 Å². The number of rotatable bonds is 17. The van der Waals surface area contributed by atoms with Gasteiger partial charge in [-0.2, -0.15) is 11.8 Å². The molecule has 12 N–H and O–H groups in total. The van der Waals surface area contributed by atoms with Crippen LogP contribution in [0.4, 0.5) is 0 Å². The molecule has 0 aliphatic heterocycles. The number of aliphatic hydroxyl groups excluding tert-OH is 1. The molecule has 39 heavy (non-hydrogen) atoms. The summed E-state index contributed by atoms with van der Waals surface area (Å²) in [6.07, 6.45) is 1.16. The van der Waals surface area contributed by atoms with Crippen molar-refractivity contribution in [2.24, 2.45) is 22.2 Å². The van der Waals surface area contributed by atoms with E-state index in [2.05, 4.69) is 20.9 Å². The minimum absolute atomic E-state index is 0.00994. The zero-order valence-electron chi connectivity index (χ0n) is 22.0. The van der Waals surface area contributed by atoms with Crippen LogP contribution >= 0.6 is 11.8 Å². The van der Waals surface area contributed by atoms with Gasteiger partial charge in [-0.15, -0.1) is 0 Å². The van der Waals surface area contributed by atoms with E-state index >= 15 is 0 Å². The van der Waals surface area contributed by atoms with Gasteiger partial charge in [-0.3, -0.25) is 19.4 Å².